The van der Waals surface area contributed by atoms with Gasteiger partial charge in [0.25, 0.3) is 0 Å². The monoisotopic (exact) mass is 154 g/mol. The maximum atomic E-state index is 3.28. The normalized spacial score (nSPS) is 9.55. The molecule has 0 radical (unpaired) electrons. The van der Waals surface area contributed by atoms with Gasteiger partial charge in [-0.15, -0.1) is 12.1 Å². The van der Waals surface area contributed by atoms with E-state index in [0.717, 1.165) is 0 Å². The third kappa shape index (κ3) is 1.68. The summed E-state index contributed by atoms with van der Waals surface area (Å²) in [5.41, 5.74) is 0. The Kier molecular flexibility index (Phi) is 2.78. The van der Waals surface area contributed by atoms with Crippen molar-refractivity contribution in [3.05, 3.63) is 35.2 Å². The number of benzene rings is 1. The van der Waals surface area contributed by atoms with Crippen LogP contribution in [0.2, 0.25) is 0 Å². The fraction of sp³-hybridized carbons (Fsp3) is 0.111. The number of fused-ring (bicyclic) bond motifs is 1. The zero-order valence-corrected chi connectivity index (χ0v) is 7.53. The third-order valence-corrected chi connectivity index (χ3v) is 2.44. The minimum atomic E-state index is 0. The fourth-order valence-corrected chi connectivity index (χ4v) is 1.91. The Hall–Kier alpha value is -0.223. The molecule has 2 rings (SSSR count). The first-order valence-electron chi connectivity index (χ1n) is 3.24. The molecule has 2 aromatic rings. The summed E-state index contributed by atoms with van der Waals surface area (Å²) in [5, 5.41) is 1.24. The van der Waals surface area contributed by atoms with E-state index in [1.807, 2.05) is 6.07 Å². The van der Waals surface area contributed by atoms with Crippen LogP contribution in [0.3, 0.4) is 0 Å². The molecule has 0 aliphatic heterocycles. The second-order valence-corrected chi connectivity index (χ2v) is 3.54. The minimum Gasteiger partial charge on any atom is -0.223 e. The molecule has 0 N–H and O–H groups in total. The molecule has 0 bridgehead atoms. The van der Waals surface area contributed by atoms with Crippen molar-refractivity contribution in [2.24, 2.45) is 0 Å². The minimum absolute atomic E-state index is 0. The molecule has 2 heteroatoms. The van der Waals surface area contributed by atoms with E-state index >= 15 is 0 Å². The second kappa shape index (κ2) is 3.45. The Bertz CT molecular complexity index is 318. The first kappa shape index (κ1) is 8.87. The van der Waals surface area contributed by atoms with Crippen LogP contribution >= 0.6 is 11.3 Å². The SMILES string of the molecule is Cc1[c-]c2ccccc2s1.[Li+]. The number of aryl methyl sites for hydroxylation is 1. The van der Waals surface area contributed by atoms with Gasteiger partial charge in [0.15, 0.2) is 0 Å². The smallest absolute Gasteiger partial charge is 0.223 e. The summed E-state index contributed by atoms with van der Waals surface area (Å²) in [6.45, 7) is 2.09. The molecule has 1 heterocycles. The van der Waals surface area contributed by atoms with Crippen LogP contribution in [0.4, 0.5) is 0 Å². The Morgan fingerprint density at radius 2 is 2.00 bits per heavy atom. The van der Waals surface area contributed by atoms with Crippen molar-refractivity contribution in [1.82, 2.24) is 0 Å². The zero-order valence-electron chi connectivity index (χ0n) is 6.72. The summed E-state index contributed by atoms with van der Waals surface area (Å²) >= 11 is 1.80. The molecule has 1 aromatic heterocycles. The van der Waals surface area contributed by atoms with Crippen LogP contribution in [0.15, 0.2) is 24.3 Å². The summed E-state index contributed by atoms with van der Waals surface area (Å²) in [6, 6.07) is 11.6. The maximum absolute atomic E-state index is 3.28. The molecule has 0 aliphatic rings. The molecular weight excluding hydrogens is 147 g/mol. The van der Waals surface area contributed by atoms with Gasteiger partial charge in [-0.2, -0.15) is 17.5 Å². The zero-order chi connectivity index (χ0) is 6.97. The molecule has 11 heavy (non-hydrogen) atoms. The Labute approximate surface area is 82.4 Å². The van der Waals surface area contributed by atoms with Crippen LogP contribution in [0.25, 0.3) is 10.1 Å². The Morgan fingerprint density at radius 3 is 2.73 bits per heavy atom. The van der Waals surface area contributed by atoms with Gasteiger partial charge in [0.05, 0.1) is 0 Å². The molecular formula is C9H7LiS. The van der Waals surface area contributed by atoms with E-state index in [0.29, 0.717) is 0 Å². The van der Waals surface area contributed by atoms with Gasteiger partial charge in [0, 0.05) is 0 Å². The third-order valence-electron chi connectivity index (χ3n) is 1.46. The van der Waals surface area contributed by atoms with Gasteiger partial charge in [-0.05, 0) is 6.92 Å². The Morgan fingerprint density at radius 1 is 1.27 bits per heavy atom. The van der Waals surface area contributed by atoms with Crippen molar-refractivity contribution in [1.29, 1.82) is 0 Å². The molecule has 1 aromatic carbocycles. The summed E-state index contributed by atoms with van der Waals surface area (Å²) in [4.78, 5) is 1.27. The molecule has 0 spiro atoms. The van der Waals surface area contributed by atoms with Gasteiger partial charge in [0.2, 0.25) is 0 Å². The molecule has 0 amide bonds. The summed E-state index contributed by atoms with van der Waals surface area (Å²) in [5.74, 6) is 0. The maximum Gasteiger partial charge on any atom is 1.00 e. The van der Waals surface area contributed by atoms with E-state index in [2.05, 4.69) is 31.2 Å². The molecule has 0 nitrogen and oxygen atoms in total. The van der Waals surface area contributed by atoms with Gasteiger partial charge in [-0.25, -0.2) is 11.3 Å². The largest absolute Gasteiger partial charge is 1.00 e. The van der Waals surface area contributed by atoms with Crippen LogP contribution < -0.4 is 18.9 Å². The van der Waals surface area contributed by atoms with E-state index in [4.69, 9.17) is 0 Å². The number of hydrogen-bond acceptors (Lipinski definition) is 1. The van der Waals surface area contributed by atoms with E-state index in [1.54, 1.807) is 11.3 Å². The van der Waals surface area contributed by atoms with Gasteiger partial charge in [-0.1, -0.05) is 15.6 Å². The topological polar surface area (TPSA) is 0 Å². The van der Waals surface area contributed by atoms with Crippen molar-refractivity contribution < 1.29 is 18.9 Å². The van der Waals surface area contributed by atoms with Crippen LogP contribution in [0.1, 0.15) is 4.88 Å². The molecule has 0 saturated carbocycles. The number of thiophene rings is 1. The van der Waals surface area contributed by atoms with Gasteiger partial charge < -0.3 is 0 Å². The average Bonchev–Trinajstić information content (AvgIpc) is 2.27. The summed E-state index contributed by atoms with van der Waals surface area (Å²) in [6.07, 6.45) is 0. The molecule has 0 atom stereocenters. The predicted octanol–water partition coefficient (Wildman–Crippen LogP) is 0.0139. The van der Waals surface area contributed by atoms with E-state index in [1.165, 1.54) is 15.0 Å². The molecule has 0 saturated heterocycles. The molecule has 0 aliphatic carbocycles. The second-order valence-electron chi connectivity index (χ2n) is 2.28. The van der Waals surface area contributed by atoms with Crippen LogP contribution in [0, 0.1) is 13.0 Å². The van der Waals surface area contributed by atoms with E-state index < -0.39 is 0 Å². The average molecular weight is 154 g/mol. The number of rotatable bonds is 0. The molecule has 0 fully saturated rings. The van der Waals surface area contributed by atoms with Crippen molar-refractivity contribution in [3.63, 3.8) is 0 Å². The quantitative estimate of drug-likeness (QED) is 0.370. The van der Waals surface area contributed by atoms with Crippen LogP contribution in [-0.2, 0) is 0 Å². The van der Waals surface area contributed by atoms with Crippen molar-refractivity contribution in [2.45, 2.75) is 6.92 Å². The summed E-state index contributed by atoms with van der Waals surface area (Å²) < 4.78 is 1.33. The van der Waals surface area contributed by atoms with Gasteiger partial charge >= 0.3 is 18.9 Å². The standard InChI is InChI=1S/C9H7S.Li/c1-7-6-8-4-2-3-5-9(8)10-7;/h2-5H,1H3;/q-1;+1. The van der Waals surface area contributed by atoms with Crippen LogP contribution in [-0.4, -0.2) is 0 Å². The van der Waals surface area contributed by atoms with Crippen molar-refractivity contribution >= 4 is 21.4 Å². The molecule has 50 valence electrons. The first-order valence-corrected chi connectivity index (χ1v) is 4.05. The van der Waals surface area contributed by atoms with E-state index in [-0.39, 0.29) is 18.9 Å². The van der Waals surface area contributed by atoms with Crippen molar-refractivity contribution in [3.8, 4) is 0 Å². The van der Waals surface area contributed by atoms with E-state index in [9.17, 15) is 0 Å². The predicted molar refractivity (Wildman–Crippen MR) is 45.4 cm³/mol. The van der Waals surface area contributed by atoms with Crippen molar-refractivity contribution in [2.75, 3.05) is 0 Å². The number of hydrogen-bond donors (Lipinski definition) is 0. The van der Waals surface area contributed by atoms with Crippen LogP contribution in [0.5, 0.6) is 0 Å². The summed E-state index contributed by atoms with van der Waals surface area (Å²) in [7, 11) is 0. The fourth-order valence-electron chi connectivity index (χ4n) is 1.04. The van der Waals surface area contributed by atoms with Gasteiger partial charge in [-0.3, -0.25) is 0 Å². The van der Waals surface area contributed by atoms with Gasteiger partial charge in [0.1, 0.15) is 0 Å². The molecule has 0 unspecified atom stereocenters. The first-order chi connectivity index (χ1) is 4.86. The Balaban J connectivity index is 0.000000605.